The molecule has 0 aliphatic heterocycles. The minimum atomic E-state index is 0.709. The Morgan fingerprint density at radius 2 is 1.80 bits per heavy atom. The van der Waals surface area contributed by atoms with Gasteiger partial charge in [0.1, 0.15) is 5.82 Å². The van der Waals surface area contributed by atoms with Gasteiger partial charge in [-0.25, -0.2) is 9.97 Å². The molecule has 5 nitrogen and oxygen atoms in total. The van der Waals surface area contributed by atoms with Crippen molar-refractivity contribution in [2.75, 3.05) is 12.4 Å². The Kier molecular flexibility index (Phi) is 3.25. The van der Waals surface area contributed by atoms with E-state index in [9.17, 15) is 0 Å². The molecule has 0 spiro atoms. The molecule has 0 aliphatic rings. The van der Waals surface area contributed by atoms with E-state index < -0.39 is 0 Å². The first-order valence-corrected chi connectivity index (χ1v) is 6.57. The summed E-state index contributed by atoms with van der Waals surface area (Å²) >= 11 is 0. The zero-order chi connectivity index (χ0) is 13.9. The van der Waals surface area contributed by atoms with E-state index in [-0.39, 0.29) is 0 Å². The van der Waals surface area contributed by atoms with Crippen molar-refractivity contribution in [2.45, 2.75) is 13.3 Å². The maximum absolute atomic E-state index is 4.58. The van der Waals surface area contributed by atoms with Crippen molar-refractivity contribution in [1.29, 1.82) is 0 Å². The largest absolute Gasteiger partial charge is 0.373 e. The number of anilines is 1. The van der Waals surface area contributed by atoms with Gasteiger partial charge in [0.2, 0.25) is 0 Å². The van der Waals surface area contributed by atoms with Crippen LogP contribution in [0.15, 0.2) is 36.7 Å². The van der Waals surface area contributed by atoms with Crippen LogP contribution in [0.3, 0.4) is 0 Å². The Labute approximate surface area is 117 Å². The van der Waals surface area contributed by atoms with Crippen molar-refractivity contribution in [2.24, 2.45) is 0 Å². The van der Waals surface area contributed by atoms with Gasteiger partial charge < -0.3 is 5.32 Å². The summed E-state index contributed by atoms with van der Waals surface area (Å²) in [5, 5.41) is 3.07. The Hall–Kier alpha value is -2.56. The zero-order valence-electron chi connectivity index (χ0n) is 11.5. The SMILES string of the molecule is CCc1cc(NC)nc(-c2ccc3nccnc3c2)n1. The summed E-state index contributed by atoms with van der Waals surface area (Å²) in [5.74, 6) is 1.53. The summed E-state index contributed by atoms with van der Waals surface area (Å²) in [6, 6.07) is 7.85. The molecule has 0 bridgehead atoms. The van der Waals surface area contributed by atoms with Gasteiger partial charge in [-0.2, -0.15) is 0 Å². The van der Waals surface area contributed by atoms with Gasteiger partial charge in [-0.1, -0.05) is 6.92 Å². The normalized spacial score (nSPS) is 10.7. The fourth-order valence-electron chi connectivity index (χ4n) is 2.04. The van der Waals surface area contributed by atoms with Crippen LogP contribution in [0.25, 0.3) is 22.4 Å². The van der Waals surface area contributed by atoms with Gasteiger partial charge in [0.25, 0.3) is 0 Å². The van der Waals surface area contributed by atoms with Crippen molar-refractivity contribution in [3.63, 3.8) is 0 Å². The van der Waals surface area contributed by atoms with Crippen molar-refractivity contribution in [3.05, 3.63) is 42.4 Å². The fourth-order valence-corrected chi connectivity index (χ4v) is 2.04. The first kappa shape index (κ1) is 12.5. The number of hydrogen-bond donors (Lipinski definition) is 1. The third-order valence-electron chi connectivity index (χ3n) is 3.13. The highest BCUT2D eigenvalue weighted by molar-refractivity contribution is 5.79. The van der Waals surface area contributed by atoms with Gasteiger partial charge >= 0.3 is 0 Å². The van der Waals surface area contributed by atoms with Gasteiger partial charge in [-0.15, -0.1) is 0 Å². The molecule has 0 saturated heterocycles. The molecule has 100 valence electrons. The van der Waals surface area contributed by atoms with Crippen molar-refractivity contribution in [3.8, 4) is 11.4 Å². The van der Waals surface area contributed by atoms with Crippen LogP contribution in [0.5, 0.6) is 0 Å². The third kappa shape index (κ3) is 2.30. The van der Waals surface area contributed by atoms with E-state index in [0.717, 1.165) is 34.5 Å². The van der Waals surface area contributed by atoms with Gasteiger partial charge in [0, 0.05) is 36.8 Å². The summed E-state index contributed by atoms with van der Waals surface area (Å²) in [4.78, 5) is 17.7. The molecular weight excluding hydrogens is 250 g/mol. The predicted octanol–water partition coefficient (Wildman–Crippen LogP) is 2.69. The zero-order valence-corrected chi connectivity index (χ0v) is 11.5. The van der Waals surface area contributed by atoms with E-state index in [2.05, 4.69) is 32.2 Å². The lowest BCUT2D eigenvalue weighted by atomic mass is 10.1. The van der Waals surface area contributed by atoms with Crippen LogP contribution < -0.4 is 5.32 Å². The van der Waals surface area contributed by atoms with Crippen molar-refractivity contribution >= 4 is 16.9 Å². The second-order valence-corrected chi connectivity index (χ2v) is 4.43. The molecule has 2 heterocycles. The number of fused-ring (bicyclic) bond motifs is 1. The minimum absolute atomic E-state index is 0.709. The maximum atomic E-state index is 4.58. The number of hydrogen-bond acceptors (Lipinski definition) is 5. The monoisotopic (exact) mass is 265 g/mol. The first-order valence-electron chi connectivity index (χ1n) is 6.57. The summed E-state index contributed by atoms with van der Waals surface area (Å²) < 4.78 is 0. The average molecular weight is 265 g/mol. The second-order valence-electron chi connectivity index (χ2n) is 4.43. The van der Waals surface area contributed by atoms with Gasteiger partial charge in [-0.05, 0) is 24.6 Å². The smallest absolute Gasteiger partial charge is 0.161 e. The molecule has 0 aliphatic carbocycles. The molecule has 3 aromatic rings. The molecule has 0 amide bonds. The quantitative estimate of drug-likeness (QED) is 0.788. The molecule has 2 aromatic heterocycles. The minimum Gasteiger partial charge on any atom is -0.373 e. The standard InChI is InChI=1S/C15H15N5/c1-3-11-9-14(16-2)20-15(19-11)10-4-5-12-13(8-10)18-7-6-17-12/h4-9H,3H2,1-2H3,(H,16,19,20). The van der Waals surface area contributed by atoms with Crippen LogP contribution in [0.2, 0.25) is 0 Å². The van der Waals surface area contributed by atoms with Gasteiger partial charge in [0.05, 0.1) is 11.0 Å². The molecular formula is C15H15N5. The summed E-state index contributed by atoms with van der Waals surface area (Å²) in [6.07, 6.45) is 4.25. The molecule has 5 heteroatoms. The van der Waals surface area contributed by atoms with E-state index >= 15 is 0 Å². The molecule has 20 heavy (non-hydrogen) atoms. The molecule has 0 saturated carbocycles. The first-order chi connectivity index (χ1) is 9.80. The number of nitrogens with zero attached hydrogens (tertiary/aromatic N) is 4. The number of aromatic nitrogens is 4. The van der Waals surface area contributed by atoms with E-state index in [1.807, 2.05) is 31.3 Å². The van der Waals surface area contributed by atoms with Crippen LogP contribution in [0, 0.1) is 0 Å². The predicted molar refractivity (Wildman–Crippen MR) is 79.5 cm³/mol. The topological polar surface area (TPSA) is 63.6 Å². The molecule has 0 fully saturated rings. The van der Waals surface area contributed by atoms with E-state index in [4.69, 9.17) is 0 Å². The lowest BCUT2D eigenvalue weighted by Gasteiger charge is -2.07. The summed E-state index contributed by atoms with van der Waals surface area (Å²) in [5.41, 5.74) is 3.68. The second kappa shape index (κ2) is 5.21. The van der Waals surface area contributed by atoms with Crippen LogP contribution in [-0.4, -0.2) is 27.0 Å². The number of benzene rings is 1. The van der Waals surface area contributed by atoms with Crippen molar-refractivity contribution in [1.82, 2.24) is 19.9 Å². The van der Waals surface area contributed by atoms with Crippen LogP contribution in [0.1, 0.15) is 12.6 Å². The third-order valence-corrected chi connectivity index (χ3v) is 3.13. The van der Waals surface area contributed by atoms with Crippen LogP contribution in [-0.2, 0) is 6.42 Å². The summed E-state index contributed by atoms with van der Waals surface area (Å²) in [6.45, 7) is 2.08. The highest BCUT2D eigenvalue weighted by Crippen LogP contribution is 2.21. The number of aryl methyl sites for hydroxylation is 1. The fraction of sp³-hybridized carbons (Fsp3) is 0.200. The van der Waals surface area contributed by atoms with E-state index in [0.29, 0.717) is 5.82 Å². The summed E-state index contributed by atoms with van der Waals surface area (Å²) in [7, 11) is 1.86. The van der Waals surface area contributed by atoms with Gasteiger partial charge in [0.15, 0.2) is 5.82 Å². The highest BCUT2D eigenvalue weighted by Gasteiger charge is 2.07. The molecule has 0 atom stereocenters. The Balaban J connectivity index is 2.14. The van der Waals surface area contributed by atoms with Gasteiger partial charge in [-0.3, -0.25) is 9.97 Å². The number of nitrogens with one attached hydrogen (secondary N) is 1. The average Bonchev–Trinajstić information content (AvgIpc) is 2.53. The molecule has 3 rings (SSSR count). The van der Waals surface area contributed by atoms with Crippen molar-refractivity contribution < 1.29 is 0 Å². The molecule has 1 aromatic carbocycles. The van der Waals surface area contributed by atoms with Crippen LogP contribution >= 0.6 is 0 Å². The van der Waals surface area contributed by atoms with E-state index in [1.165, 1.54) is 0 Å². The molecule has 0 unspecified atom stereocenters. The lowest BCUT2D eigenvalue weighted by Crippen LogP contribution is -2.00. The number of rotatable bonds is 3. The Morgan fingerprint density at radius 3 is 2.55 bits per heavy atom. The lowest BCUT2D eigenvalue weighted by molar-refractivity contribution is 1.01. The van der Waals surface area contributed by atoms with Crippen LogP contribution in [0.4, 0.5) is 5.82 Å². The van der Waals surface area contributed by atoms with E-state index in [1.54, 1.807) is 12.4 Å². The maximum Gasteiger partial charge on any atom is 0.161 e. The molecule has 0 radical (unpaired) electrons. The molecule has 1 N–H and O–H groups in total. The Morgan fingerprint density at radius 1 is 1.00 bits per heavy atom. The highest BCUT2D eigenvalue weighted by atomic mass is 15.0. The Bertz CT molecular complexity index is 732.